The van der Waals surface area contributed by atoms with Gasteiger partial charge in [-0.3, -0.25) is 14.7 Å². The Morgan fingerprint density at radius 3 is 2.82 bits per heavy atom. The molecule has 0 aliphatic carbocycles. The highest BCUT2D eigenvalue weighted by atomic mass is 19.1. The topological polar surface area (TPSA) is 78.4 Å². The van der Waals surface area contributed by atoms with Gasteiger partial charge in [0.05, 0.1) is 16.5 Å². The summed E-state index contributed by atoms with van der Waals surface area (Å²) in [5.41, 5.74) is -2.10. The fraction of sp³-hybridized carbons (Fsp3) is 0.357. The molecule has 0 unspecified atom stereocenters. The SMILES string of the molecule is CCc1c(F)ccc2cc(O)cc(-c3c(F)cc4c(=O)[nH]c(OC[C@@]56CCCN5C[C@H](F)C6)nc4c3F)c12. The van der Waals surface area contributed by atoms with Crippen LogP contribution in [-0.2, 0) is 6.42 Å². The van der Waals surface area contributed by atoms with Crippen LogP contribution in [0.25, 0.3) is 32.8 Å². The van der Waals surface area contributed by atoms with Gasteiger partial charge >= 0.3 is 0 Å². The van der Waals surface area contributed by atoms with Gasteiger partial charge in [-0.15, -0.1) is 0 Å². The molecule has 0 amide bonds. The second kappa shape index (κ2) is 8.97. The fourth-order valence-corrected chi connectivity index (χ4v) is 6.19. The van der Waals surface area contributed by atoms with Crippen molar-refractivity contribution in [3.8, 4) is 22.9 Å². The lowest BCUT2D eigenvalue weighted by Crippen LogP contribution is -2.43. The fourth-order valence-electron chi connectivity index (χ4n) is 6.19. The first-order valence-corrected chi connectivity index (χ1v) is 12.6. The molecule has 2 N–H and O–H groups in total. The van der Waals surface area contributed by atoms with E-state index in [4.69, 9.17) is 4.74 Å². The predicted molar refractivity (Wildman–Crippen MR) is 135 cm³/mol. The maximum Gasteiger partial charge on any atom is 0.297 e. The molecule has 4 aromatic rings. The summed E-state index contributed by atoms with van der Waals surface area (Å²) in [6.45, 7) is 2.85. The third-order valence-electron chi connectivity index (χ3n) is 7.89. The maximum atomic E-state index is 16.0. The molecule has 0 radical (unpaired) electrons. The quantitative estimate of drug-likeness (QED) is 0.341. The number of hydrogen-bond donors (Lipinski definition) is 2. The summed E-state index contributed by atoms with van der Waals surface area (Å²) in [6.07, 6.45) is 1.20. The number of phenols is 1. The lowest BCUT2D eigenvalue weighted by molar-refractivity contribution is 0.107. The van der Waals surface area contributed by atoms with Crippen LogP contribution in [0.2, 0.25) is 0 Å². The minimum Gasteiger partial charge on any atom is -0.508 e. The molecule has 0 bridgehead atoms. The van der Waals surface area contributed by atoms with E-state index in [2.05, 4.69) is 9.97 Å². The number of halogens is 4. The molecule has 2 aliphatic heterocycles. The van der Waals surface area contributed by atoms with E-state index >= 15 is 8.78 Å². The van der Waals surface area contributed by atoms with Gasteiger partial charge in [-0.2, -0.15) is 4.98 Å². The normalized spacial score (nSPS) is 21.4. The number of aromatic amines is 1. The number of aromatic nitrogens is 2. The Labute approximate surface area is 214 Å². The monoisotopic (exact) mass is 527 g/mol. The number of fused-ring (bicyclic) bond motifs is 3. The van der Waals surface area contributed by atoms with Crippen molar-refractivity contribution in [2.24, 2.45) is 0 Å². The molecule has 2 aliphatic rings. The minimum absolute atomic E-state index is 0.0572. The number of hydrogen-bond acceptors (Lipinski definition) is 5. The summed E-state index contributed by atoms with van der Waals surface area (Å²) >= 11 is 0. The van der Waals surface area contributed by atoms with E-state index in [0.29, 0.717) is 18.4 Å². The van der Waals surface area contributed by atoms with Crippen molar-refractivity contribution in [1.29, 1.82) is 0 Å². The van der Waals surface area contributed by atoms with Crippen LogP contribution in [0.5, 0.6) is 11.8 Å². The predicted octanol–water partition coefficient (Wildman–Crippen LogP) is 5.38. The molecule has 1 aromatic heterocycles. The molecule has 3 heterocycles. The van der Waals surface area contributed by atoms with Gasteiger partial charge in [-0.05, 0) is 72.0 Å². The third kappa shape index (κ3) is 3.81. The summed E-state index contributed by atoms with van der Waals surface area (Å²) in [5, 5.41) is 10.6. The van der Waals surface area contributed by atoms with Crippen molar-refractivity contribution in [3.63, 3.8) is 0 Å². The van der Waals surface area contributed by atoms with Crippen LogP contribution in [0, 0.1) is 17.5 Å². The molecule has 0 saturated carbocycles. The highest BCUT2D eigenvalue weighted by molar-refractivity contribution is 6.02. The zero-order valence-corrected chi connectivity index (χ0v) is 20.6. The van der Waals surface area contributed by atoms with Crippen LogP contribution in [-0.4, -0.2) is 51.4 Å². The van der Waals surface area contributed by atoms with Gasteiger partial charge in [-0.1, -0.05) is 13.0 Å². The number of rotatable bonds is 5. The highest BCUT2D eigenvalue weighted by Crippen LogP contribution is 2.41. The van der Waals surface area contributed by atoms with Crippen LogP contribution in [0.4, 0.5) is 17.6 Å². The largest absolute Gasteiger partial charge is 0.508 e. The Morgan fingerprint density at radius 2 is 2.03 bits per heavy atom. The van der Waals surface area contributed by atoms with E-state index in [-0.39, 0.29) is 46.7 Å². The third-order valence-corrected chi connectivity index (χ3v) is 7.89. The van der Waals surface area contributed by atoms with Gasteiger partial charge in [0.25, 0.3) is 11.6 Å². The van der Waals surface area contributed by atoms with E-state index in [1.807, 2.05) is 4.90 Å². The molecule has 6 nitrogen and oxygen atoms in total. The molecule has 2 saturated heterocycles. The number of aromatic hydroxyl groups is 1. The van der Waals surface area contributed by atoms with Crippen LogP contribution in [0.3, 0.4) is 0 Å². The van der Waals surface area contributed by atoms with Crippen LogP contribution >= 0.6 is 0 Å². The average molecular weight is 528 g/mol. The van der Waals surface area contributed by atoms with E-state index in [1.54, 1.807) is 6.92 Å². The highest BCUT2D eigenvalue weighted by Gasteiger charge is 2.49. The molecule has 2 atom stereocenters. The molecule has 198 valence electrons. The number of aryl methyl sites for hydroxylation is 1. The van der Waals surface area contributed by atoms with E-state index in [9.17, 15) is 18.7 Å². The molecule has 2 fully saturated rings. The number of H-pyrrole nitrogens is 1. The van der Waals surface area contributed by atoms with Crippen LogP contribution < -0.4 is 10.3 Å². The second-order valence-corrected chi connectivity index (χ2v) is 10.1. The molecule has 10 heteroatoms. The number of nitrogens with one attached hydrogen (secondary N) is 1. The summed E-state index contributed by atoms with van der Waals surface area (Å²) in [5.74, 6) is -3.00. The number of alkyl halides is 1. The Bertz CT molecular complexity index is 1660. The van der Waals surface area contributed by atoms with Gasteiger partial charge in [0.2, 0.25) is 0 Å². The van der Waals surface area contributed by atoms with Crippen molar-refractivity contribution in [2.45, 2.75) is 44.3 Å². The summed E-state index contributed by atoms with van der Waals surface area (Å²) in [4.78, 5) is 21.4. The van der Waals surface area contributed by atoms with Crippen molar-refractivity contribution in [3.05, 3.63) is 63.7 Å². The molecule has 0 spiro atoms. The lowest BCUT2D eigenvalue weighted by Gasteiger charge is -2.30. The molecular weight excluding hydrogens is 502 g/mol. The van der Waals surface area contributed by atoms with Crippen LogP contribution in [0.1, 0.15) is 31.7 Å². The Kier molecular flexibility index (Phi) is 5.82. The Hall–Kier alpha value is -3.66. The molecular formula is C28H25F4N3O3. The standard InChI is InChI=1S/C28H25F4N3O3/c1-2-17-20(30)5-4-14-8-16(36)9-18(22(14)17)23-21(31)10-19-25(24(23)32)33-27(34-26(19)37)38-13-28-6-3-7-35(28)12-15(29)11-28/h4-5,8-10,15,36H,2-3,6-7,11-13H2,1H3,(H,33,34,37)/t15-,28+/m1/s1. The van der Waals surface area contributed by atoms with Crippen molar-refractivity contribution in [2.75, 3.05) is 19.7 Å². The molecule has 6 rings (SSSR count). The van der Waals surface area contributed by atoms with Crippen LogP contribution in [0.15, 0.2) is 35.1 Å². The maximum absolute atomic E-state index is 16.0. The van der Waals surface area contributed by atoms with E-state index in [0.717, 1.165) is 25.5 Å². The first kappa shape index (κ1) is 24.7. The lowest BCUT2D eigenvalue weighted by atomic mass is 9.91. The summed E-state index contributed by atoms with van der Waals surface area (Å²) in [7, 11) is 0. The Morgan fingerprint density at radius 1 is 1.21 bits per heavy atom. The van der Waals surface area contributed by atoms with Crippen molar-refractivity contribution in [1.82, 2.24) is 14.9 Å². The zero-order valence-electron chi connectivity index (χ0n) is 20.6. The summed E-state index contributed by atoms with van der Waals surface area (Å²) < 4.78 is 66.0. The average Bonchev–Trinajstić information content (AvgIpc) is 3.39. The van der Waals surface area contributed by atoms with Gasteiger partial charge in [0.15, 0.2) is 5.82 Å². The minimum atomic E-state index is -1.14. The van der Waals surface area contributed by atoms with E-state index < -0.39 is 45.8 Å². The number of benzene rings is 3. The number of ether oxygens (including phenoxy) is 1. The van der Waals surface area contributed by atoms with Gasteiger partial charge in [0, 0.05) is 13.0 Å². The first-order valence-electron chi connectivity index (χ1n) is 12.6. The van der Waals surface area contributed by atoms with Crippen molar-refractivity contribution >= 4 is 21.7 Å². The van der Waals surface area contributed by atoms with Gasteiger partial charge in [-0.25, -0.2) is 17.6 Å². The molecule has 3 aromatic carbocycles. The summed E-state index contributed by atoms with van der Waals surface area (Å²) in [6, 6.07) is 5.83. The molecule has 38 heavy (non-hydrogen) atoms. The second-order valence-electron chi connectivity index (χ2n) is 10.1. The van der Waals surface area contributed by atoms with Gasteiger partial charge < -0.3 is 9.84 Å². The van der Waals surface area contributed by atoms with E-state index in [1.165, 1.54) is 24.3 Å². The Balaban J connectivity index is 1.49. The van der Waals surface area contributed by atoms with Crippen molar-refractivity contribution < 1.29 is 27.4 Å². The number of phenolic OH excluding ortho intramolecular Hbond substituents is 1. The number of nitrogens with zero attached hydrogens (tertiary/aromatic N) is 2. The van der Waals surface area contributed by atoms with Gasteiger partial charge in [0.1, 0.15) is 35.7 Å². The zero-order chi connectivity index (χ0) is 26.8. The first-order chi connectivity index (χ1) is 18.2. The smallest absolute Gasteiger partial charge is 0.297 e.